The number of carboxylic acid groups (broad SMARTS) is 1. The van der Waals surface area contributed by atoms with E-state index >= 15 is 0 Å². The van der Waals surface area contributed by atoms with Gasteiger partial charge in [-0.2, -0.15) is 0 Å². The topological polar surface area (TPSA) is 65.0 Å². The SMILES string of the molecule is CSSCC(OCCOC(=S)SC)OC(=O)O. The average Bonchev–Trinajstić information content (AvgIpc) is 2.30. The minimum Gasteiger partial charge on any atom is -0.476 e. The predicted molar refractivity (Wildman–Crippen MR) is 76.9 cm³/mol. The zero-order chi connectivity index (χ0) is 13.1. The normalized spacial score (nSPS) is 11.9. The Labute approximate surface area is 118 Å². The van der Waals surface area contributed by atoms with Crippen LogP contribution in [0.15, 0.2) is 0 Å². The first-order valence-electron chi connectivity index (χ1n) is 4.47. The lowest BCUT2D eigenvalue weighted by Gasteiger charge is -2.15. The summed E-state index contributed by atoms with van der Waals surface area (Å²) >= 11 is 6.16. The van der Waals surface area contributed by atoms with Crippen LogP contribution in [0.25, 0.3) is 0 Å². The summed E-state index contributed by atoms with van der Waals surface area (Å²) in [6, 6.07) is 0. The lowest BCUT2D eigenvalue weighted by molar-refractivity contribution is -0.106. The van der Waals surface area contributed by atoms with Crippen molar-refractivity contribution < 1.29 is 24.1 Å². The van der Waals surface area contributed by atoms with E-state index in [0.717, 1.165) is 0 Å². The summed E-state index contributed by atoms with van der Waals surface area (Å²) in [5, 5.41) is 8.49. The number of thiocarbonyl (C=S) groups is 1. The van der Waals surface area contributed by atoms with E-state index in [1.807, 2.05) is 12.5 Å². The highest BCUT2D eigenvalue weighted by Crippen LogP contribution is 2.19. The van der Waals surface area contributed by atoms with Crippen LogP contribution < -0.4 is 0 Å². The number of ether oxygens (including phenoxy) is 3. The maximum atomic E-state index is 10.4. The second-order valence-electron chi connectivity index (χ2n) is 2.44. The van der Waals surface area contributed by atoms with Crippen LogP contribution in [0.4, 0.5) is 4.79 Å². The molecule has 1 unspecified atom stereocenters. The van der Waals surface area contributed by atoms with Gasteiger partial charge in [0.1, 0.15) is 6.61 Å². The van der Waals surface area contributed by atoms with Gasteiger partial charge in [-0.1, -0.05) is 33.3 Å². The van der Waals surface area contributed by atoms with Crippen molar-refractivity contribution in [3.8, 4) is 0 Å². The Balaban J connectivity index is 3.74. The Morgan fingerprint density at radius 2 is 2.12 bits per heavy atom. The van der Waals surface area contributed by atoms with Crippen molar-refractivity contribution in [3.63, 3.8) is 0 Å². The zero-order valence-electron chi connectivity index (χ0n) is 9.41. The van der Waals surface area contributed by atoms with Crippen LogP contribution in [0.1, 0.15) is 0 Å². The maximum absolute atomic E-state index is 10.4. The maximum Gasteiger partial charge on any atom is 0.508 e. The zero-order valence-corrected chi connectivity index (χ0v) is 12.7. The van der Waals surface area contributed by atoms with Gasteiger partial charge >= 0.3 is 6.16 Å². The van der Waals surface area contributed by atoms with Crippen molar-refractivity contribution in [1.82, 2.24) is 0 Å². The second-order valence-corrected chi connectivity index (χ2v) is 6.46. The highest BCUT2D eigenvalue weighted by Gasteiger charge is 2.14. The summed E-state index contributed by atoms with van der Waals surface area (Å²) in [5.74, 6) is 0.431. The monoisotopic (exact) mass is 318 g/mol. The summed E-state index contributed by atoms with van der Waals surface area (Å²) in [4.78, 5) is 10.4. The third kappa shape index (κ3) is 11.0. The quantitative estimate of drug-likeness (QED) is 0.239. The molecule has 100 valence electrons. The molecule has 0 aliphatic heterocycles. The minimum atomic E-state index is -1.35. The van der Waals surface area contributed by atoms with Gasteiger partial charge in [0.2, 0.25) is 10.7 Å². The number of thioether (sulfide) groups is 1. The largest absolute Gasteiger partial charge is 0.508 e. The van der Waals surface area contributed by atoms with Gasteiger partial charge in [0.15, 0.2) is 0 Å². The van der Waals surface area contributed by atoms with E-state index in [0.29, 0.717) is 10.1 Å². The number of carbonyl (C=O) groups is 1. The predicted octanol–water partition coefficient (Wildman–Crippen LogP) is 2.70. The molecule has 0 fully saturated rings. The van der Waals surface area contributed by atoms with Crippen molar-refractivity contribution in [1.29, 1.82) is 0 Å². The van der Waals surface area contributed by atoms with E-state index in [-0.39, 0.29) is 13.2 Å². The van der Waals surface area contributed by atoms with Gasteiger partial charge < -0.3 is 19.3 Å². The molecule has 0 aromatic carbocycles. The third-order valence-electron chi connectivity index (χ3n) is 1.33. The van der Waals surface area contributed by atoms with Crippen molar-refractivity contribution in [2.75, 3.05) is 31.5 Å². The molecular formula is C8H14O5S4. The molecule has 0 saturated carbocycles. The Morgan fingerprint density at radius 1 is 1.41 bits per heavy atom. The summed E-state index contributed by atoms with van der Waals surface area (Å²) < 4.78 is 15.3. The van der Waals surface area contributed by atoms with Crippen LogP contribution in [0.2, 0.25) is 0 Å². The Morgan fingerprint density at radius 3 is 2.65 bits per heavy atom. The van der Waals surface area contributed by atoms with Crippen LogP contribution in [0.5, 0.6) is 0 Å². The van der Waals surface area contributed by atoms with Gasteiger partial charge in [0, 0.05) is 0 Å². The molecular weight excluding hydrogens is 304 g/mol. The van der Waals surface area contributed by atoms with Crippen LogP contribution in [-0.4, -0.2) is 53.4 Å². The van der Waals surface area contributed by atoms with E-state index < -0.39 is 12.4 Å². The molecule has 0 aromatic heterocycles. The van der Waals surface area contributed by atoms with Gasteiger partial charge in [-0.25, -0.2) is 4.79 Å². The number of hydrogen-bond donors (Lipinski definition) is 1. The smallest absolute Gasteiger partial charge is 0.476 e. The summed E-state index contributed by atoms with van der Waals surface area (Å²) in [5.41, 5.74) is 0. The molecule has 0 aliphatic carbocycles. The molecule has 0 bridgehead atoms. The number of rotatable bonds is 8. The van der Waals surface area contributed by atoms with Crippen molar-refractivity contribution >= 4 is 56.1 Å². The first-order valence-corrected chi connectivity index (χ1v) is 8.83. The van der Waals surface area contributed by atoms with Crippen molar-refractivity contribution in [2.45, 2.75) is 6.29 Å². The molecule has 0 heterocycles. The van der Waals surface area contributed by atoms with Crippen molar-refractivity contribution in [3.05, 3.63) is 0 Å². The standard InChI is InChI=1S/C8H14O5S4/c1-15-8(14)12-4-3-11-6(5-17-16-2)13-7(9)10/h6H,3-5H2,1-2H3,(H,9,10). The molecule has 0 spiro atoms. The third-order valence-corrected chi connectivity index (χ3v) is 4.16. The fourth-order valence-electron chi connectivity index (χ4n) is 0.716. The van der Waals surface area contributed by atoms with Gasteiger partial charge in [-0.3, -0.25) is 0 Å². The average molecular weight is 318 g/mol. The Hall–Kier alpha value is 0.170. The highest BCUT2D eigenvalue weighted by atomic mass is 33.1. The molecule has 0 aliphatic rings. The van der Waals surface area contributed by atoms with Crippen LogP contribution in [0, 0.1) is 0 Å². The van der Waals surface area contributed by atoms with E-state index in [4.69, 9.17) is 26.8 Å². The fourth-order valence-corrected chi connectivity index (χ4v) is 2.15. The van der Waals surface area contributed by atoms with Crippen LogP contribution >= 0.6 is 45.6 Å². The van der Waals surface area contributed by atoms with Crippen LogP contribution in [-0.2, 0) is 14.2 Å². The first kappa shape index (κ1) is 17.2. The van der Waals surface area contributed by atoms with E-state index in [1.165, 1.54) is 33.3 Å². The van der Waals surface area contributed by atoms with Gasteiger partial charge in [0.25, 0.3) is 0 Å². The van der Waals surface area contributed by atoms with Crippen LogP contribution in [0.3, 0.4) is 0 Å². The molecule has 0 amide bonds. The van der Waals surface area contributed by atoms with E-state index in [1.54, 1.807) is 0 Å². The van der Waals surface area contributed by atoms with E-state index in [9.17, 15) is 4.79 Å². The lowest BCUT2D eigenvalue weighted by atomic mass is 10.7. The molecule has 0 aromatic rings. The van der Waals surface area contributed by atoms with Crippen molar-refractivity contribution in [2.24, 2.45) is 0 Å². The molecule has 1 atom stereocenters. The minimum absolute atomic E-state index is 0.230. The molecule has 0 saturated heterocycles. The molecule has 5 nitrogen and oxygen atoms in total. The lowest BCUT2D eigenvalue weighted by Crippen LogP contribution is -2.24. The second kappa shape index (κ2) is 11.3. The molecule has 0 rings (SSSR count). The highest BCUT2D eigenvalue weighted by molar-refractivity contribution is 8.76. The summed E-state index contributed by atoms with van der Waals surface area (Å²) in [6.45, 7) is 0.511. The molecule has 17 heavy (non-hydrogen) atoms. The van der Waals surface area contributed by atoms with Gasteiger partial charge in [-0.05, 0) is 24.7 Å². The molecule has 9 heteroatoms. The van der Waals surface area contributed by atoms with Gasteiger partial charge in [0.05, 0.1) is 12.4 Å². The Kier molecular flexibility index (Phi) is 11.4. The summed E-state index contributed by atoms with van der Waals surface area (Å²) in [7, 11) is 2.97. The first-order chi connectivity index (χ1) is 8.10. The molecule has 0 radical (unpaired) electrons. The molecule has 1 N–H and O–H groups in total. The Bertz CT molecular complexity index is 238. The van der Waals surface area contributed by atoms with Gasteiger partial charge in [-0.15, -0.1) is 0 Å². The fraction of sp³-hybridized carbons (Fsp3) is 0.750. The van der Waals surface area contributed by atoms with E-state index in [2.05, 4.69) is 4.74 Å². The summed E-state index contributed by atoms with van der Waals surface area (Å²) in [6.07, 6.45) is 1.57. The number of hydrogen-bond acceptors (Lipinski definition) is 8.